The second-order valence-corrected chi connectivity index (χ2v) is 14.1. The lowest BCUT2D eigenvalue weighted by Gasteiger charge is -2.39. The van der Waals surface area contributed by atoms with Gasteiger partial charge in [0.2, 0.25) is 0 Å². The molecule has 2 N–H and O–H groups in total. The monoisotopic (exact) mass is 691 g/mol. The molecule has 0 fully saturated rings. The van der Waals surface area contributed by atoms with Gasteiger partial charge >= 0.3 is 0 Å². The summed E-state index contributed by atoms with van der Waals surface area (Å²) in [7, 11) is 0. The highest BCUT2D eigenvalue weighted by atomic mass is 16.5. The number of hydrogen-bond donors (Lipinski definition) is 1. The quantitative estimate of drug-likeness (QED) is 0.187. The average Bonchev–Trinajstić information content (AvgIpc) is 3.76. The SMILES string of the molecule is Nc1cccc(-c2cccc(-c3cccc4c3-c3ccc(-c5nc6ccccc6n5-c5ccccc5)cc3C43c4ccccc4Oc4ccccc43)c2)c1. The Morgan fingerprint density at radius 1 is 0.463 bits per heavy atom. The lowest BCUT2D eigenvalue weighted by molar-refractivity contribution is 0.436. The Kier molecular flexibility index (Phi) is 6.58. The number of benzene rings is 8. The van der Waals surface area contributed by atoms with Crippen LogP contribution in [0.2, 0.25) is 0 Å². The molecule has 54 heavy (non-hydrogen) atoms. The van der Waals surface area contributed by atoms with Crippen molar-refractivity contribution in [3.63, 3.8) is 0 Å². The summed E-state index contributed by atoms with van der Waals surface area (Å²) in [6.45, 7) is 0. The van der Waals surface area contributed by atoms with Crippen LogP contribution in [-0.2, 0) is 5.41 Å². The average molecular weight is 692 g/mol. The number of ether oxygens (including phenoxy) is 1. The van der Waals surface area contributed by atoms with Crippen molar-refractivity contribution in [2.45, 2.75) is 5.41 Å². The molecule has 9 aromatic rings. The summed E-state index contributed by atoms with van der Waals surface area (Å²) >= 11 is 0. The first kappa shape index (κ1) is 30.5. The zero-order valence-corrected chi connectivity index (χ0v) is 29.3. The van der Waals surface area contributed by atoms with Gasteiger partial charge in [0.15, 0.2) is 0 Å². The van der Waals surface area contributed by atoms with Gasteiger partial charge in [-0.25, -0.2) is 4.98 Å². The van der Waals surface area contributed by atoms with Crippen LogP contribution in [0.1, 0.15) is 22.3 Å². The molecule has 1 aliphatic carbocycles. The Balaban J connectivity index is 1.22. The van der Waals surface area contributed by atoms with E-state index in [0.29, 0.717) is 0 Å². The molecule has 0 saturated carbocycles. The fourth-order valence-corrected chi connectivity index (χ4v) is 8.97. The molecule has 0 saturated heterocycles. The van der Waals surface area contributed by atoms with Crippen molar-refractivity contribution in [1.29, 1.82) is 0 Å². The maximum absolute atomic E-state index is 6.69. The van der Waals surface area contributed by atoms with Gasteiger partial charge in [0.1, 0.15) is 17.3 Å². The van der Waals surface area contributed by atoms with E-state index in [2.05, 4.69) is 174 Å². The van der Waals surface area contributed by atoms with Crippen LogP contribution >= 0.6 is 0 Å². The van der Waals surface area contributed by atoms with Crippen LogP contribution in [0.15, 0.2) is 188 Å². The fraction of sp³-hybridized carbons (Fsp3) is 0.0200. The number of hydrogen-bond acceptors (Lipinski definition) is 3. The van der Waals surface area contributed by atoms with Crippen LogP contribution in [-0.4, -0.2) is 9.55 Å². The summed E-state index contributed by atoms with van der Waals surface area (Å²) in [5.74, 6) is 2.64. The number of nitrogen functional groups attached to an aromatic ring is 1. The molecule has 0 radical (unpaired) electrons. The van der Waals surface area contributed by atoms with Gasteiger partial charge in [0, 0.05) is 28.1 Å². The van der Waals surface area contributed by atoms with E-state index >= 15 is 0 Å². The summed E-state index contributed by atoms with van der Waals surface area (Å²) in [5, 5.41) is 0. The van der Waals surface area contributed by atoms with Gasteiger partial charge in [-0.2, -0.15) is 0 Å². The first-order valence-electron chi connectivity index (χ1n) is 18.3. The smallest absolute Gasteiger partial charge is 0.145 e. The molecule has 1 spiro atoms. The van der Waals surface area contributed by atoms with E-state index in [1.165, 1.54) is 27.8 Å². The molecule has 4 nitrogen and oxygen atoms in total. The minimum absolute atomic E-state index is 0.642. The highest BCUT2D eigenvalue weighted by molar-refractivity contribution is 5.98. The Morgan fingerprint density at radius 3 is 1.91 bits per heavy atom. The van der Waals surface area contributed by atoms with Gasteiger partial charge in [-0.1, -0.05) is 127 Å². The van der Waals surface area contributed by atoms with Crippen LogP contribution in [0.5, 0.6) is 11.5 Å². The Labute approximate surface area is 313 Å². The third-order valence-electron chi connectivity index (χ3n) is 11.2. The van der Waals surface area contributed by atoms with Crippen molar-refractivity contribution >= 4 is 16.7 Å². The van der Waals surface area contributed by atoms with Gasteiger partial charge < -0.3 is 10.5 Å². The largest absolute Gasteiger partial charge is 0.457 e. The van der Waals surface area contributed by atoms with Crippen LogP contribution in [0.4, 0.5) is 5.69 Å². The van der Waals surface area contributed by atoms with Crippen LogP contribution < -0.4 is 10.5 Å². The van der Waals surface area contributed by atoms with Crippen molar-refractivity contribution in [2.75, 3.05) is 5.73 Å². The molecule has 2 aliphatic rings. The predicted octanol–water partition coefficient (Wildman–Crippen LogP) is 12.1. The Hall–Kier alpha value is -7.17. The maximum Gasteiger partial charge on any atom is 0.145 e. The number of aromatic nitrogens is 2. The molecule has 254 valence electrons. The minimum Gasteiger partial charge on any atom is -0.457 e. The Bertz CT molecular complexity index is 2900. The highest BCUT2D eigenvalue weighted by Gasteiger charge is 2.51. The maximum atomic E-state index is 6.69. The number of anilines is 1. The van der Waals surface area contributed by atoms with E-state index in [9.17, 15) is 0 Å². The van der Waals surface area contributed by atoms with E-state index in [-0.39, 0.29) is 0 Å². The van der Waals surface area contributed by atoms with E-state index in [0.717, 1.165) is 73.1 Å². The molecular weight excluding hydrogens is 659 g/mol. The van der Waals surface area contributed by atoms with E-state index in [1.54, 1.807) is 0 Å². The van der Waals surface area contributed by atoms with Gasteiger partial charge in [0.05, 0.1) is 16.4 Å². The first-order chi connectivity index (χ1) is 26.7. The summed E-state index contributed by atoms with van der Waals surface area (Å²) in [6, 6.07) is 66.7. The van der Waals surface area contributed by atoms with Gasteiger partial charge in [0.25, 0.3) is 0 Å². The molecular formula is C50H33N3O. The van der Waals surface area contributed by atoms with Crippen molar-refractivity contribution in [3.8, 4) is 62.0 Å². The molecule has 1 aliphatic heterocycles. The molecule has 8 aromatic carbocycles. The van der Waals surface area contributed by atoms with Crippen molar-refractivity contribution in [1.82, 2.24) is 9.55 Å². The number of para-hydroxylation sites is 5. The predicted molar refractivity (Wildman–Crippen MR) is 219 cm³/mol. The molecule has 2 heterocycles. The van der Waals surface area contributed by atoms with Crippen molar-refractivity contribution in [2.24, 2.45) is 0 Å². The number of imidazole rings is 1. The standard InChI is InChI=1S/C50H33N3O/c51-36-16-11-14-33(30-36)32-13-10-15-34(29-32)38-19-12-22-42-48(38)39-28-27-35(49-52-44-23-6-7-24-45(44)53(49)37-17-2-1-3-18-37)31-43(39)50(42)40-20-4-8-25-46(40)54-47-26-9-5-21-41(47)50/h1-31H,51H2. The summed E-state index contributed by atoms with van der Waals surface area (Å²) in [5.41, 5.74) is 22.2. The van der Waals surface area contributed by atoms with Gasteiger partial charge in [-0.15, -0.1) is 0 Å². The van der Waals surface area contributed by atoms with Crippen molar-refractivity contribution < 1.29 is 4.74 Å². The van der Waals surface area contributed by atoms with Crippen molar-refractivity contribution in [3.05, 3.63) is 210 Å². The van der Waals surface area contributed by atoms with Gasteiger partial charge in [-0.05, 0) is 105 Å². The molecule has 0 bridgehead atoms. The summed E-state index contributed by atoms with van der Waals surface area (Å²) < 4.78 is 8.97. The number of fused-ring (bicyclic) bond motifs is 10. The normalized spacial score (nSPS) is 13.2. The zero-order valence-electron chi connectivity index (χ0n) is 29.3. The number of nitrogens with two attached hydrogens (primary N) is 1. The fourth-order valence-electron chi connectivity index (χ4n) is 8.97. The number of nitrogens with zero attached hydrogens (tertiary/aromatic N) is 2. The Morgan fingerprint density at radius 2 is 1.11 bits per heavy atom. The van der Waals surface area contributed by atoms with Crippen LogP contribution in [0, 0.1) is 0 Å². The first-order valence-corrected chi connectivity index (χ1v) is 18.3. The van der Waals surface area contributed by atoms with E-state index in [1.807, 2.05) is 18.2 Å². The molecule has 0 amide bonds. The summed E-state index contributed by atoms with van der Waals surface area (Å²) in [4.78, 5) is 5.30. The highest BCUT2D eigenvalue weighted by Crippen LogP contribution is 2.63. The molecule has 11 rings (SSSR count). The minimum atomic E-state index is -0.642. The van der Waals surface area contributed by atoms with E-state index < -0.39 is 5.41 Å². The molecule has 0 atom stereocenters. The zero-order chi connectivity index (χ0) is 35.8. The van der Waals surface area contributed by atoms with Crippen LogP contribution in [0.25, 0.3) is 61.5 Å². The second kappa shape index (κ2) is 11.7. The molecule has 0 unspecified atom stereocenters. The van der Waals surface area contributed by atoms with E-state index in [4.69, 9.17) is 15.5 Å². The number of rotatable bonds is 4. The lowest BCUT2D eigenvalue weighted by atomic mass is 9.66. The second-order valence-electron chi connectivity index (χ2n) is 14.1. The molecule has 4 heteroatoms. The van der Waals surface area contributed by atoms with Crippen LogP contribution in [0.3, 0.4) is 0 Å². The summed E-state index contributed by atoms with van der Waals surface area (Å²) in [6.07, 6.45) is 0. The third-order valence-corrected chi connectivity index (χ3v) is 11.2. The van der Waals surface area contributed by atoms with Gasteiger partial charge in [-0.3, -0.25) is 4.57 Å². The molecule has 1 aromatic heterocycles. The lowest BCUT2D eigenvalue weighted by Crippen LogP contribution is -2.32. The topological polar surface area (TPSA) is 53.1 Å². The third kappa shape index (κ3) is 4.34.